The molecule has 1 aliphatic heterocycles. The summed E-state index contributed by atoms with van der Waals surface area (Å²) in [6, 6.07) is 9.07. The van der Waals surface area contributed by atoms with E-state index in [0.29, 0.717) is 6.04 Å². The van der Waals surface area contributed by atoms with Gasteiger partial charge in [-0.05, 0) is 37.1 Å². The summed E-state index contributed by atoms with van der Waals surface area (Å²) in [5.41, 5.74) is 3.20. The van der Waals surface area contributed by atoms with Crippen LogP contribution in [0.1, 0.15) is 32.1 Å². The van der Waals surface area contributed by atoms with E-state index in [-0.39, 0.29) is 0 Å². The van der Waals surface area contributed by atoms with E-state index in [2.05, 4.69) is 49.8 Å². The van der Waals surface area contributed by atoms with Crippen molar-refractivity contribution in [3.63, 3.8) is 0 Å². The minimum Gasteiger partial charge on any atom is -0.367 e. The summed E-state index contributed by atoms with van der Waals surface area (Å²) >= 11 is 1.67. The molecule has 1 saturated heterocycles. The predicted octanol–water partition coefficient (Wildman–Crippen LogP) is 4.42. The second-order valence-corrected chi connectivity index (χ2v) is 8.98. The Hall–Kier alpha value is -2.51. The van der Waals surface area contributed by atoms with Crippen molar-refractivity contribution in [2.45, 2.75) is 38.1 Å². The molecule has 4 heterocycles. The first-order valence-electron chi connectivity index (χ1n) is 11.0. The van der Waals surface area contributed by atoms with Gasteiger partial charge in [-0.25, -0.2) is 15.0 Å². The molecule has 1 aliphatic carbocycles. The van der Waals surface area contributed by atoms with Gasteiger partial charge in [0, 0.05) is 61.1 Å². The van der Waals surface area contributed by atoms with E-state index in [4.69, 9.17) is 4.98 Å². The molecular weight excluding hydrogens is 392 g/mol. The van der Waals surface area contributed by atoms with Crippen LogP contribution >= 0.6 is 11.3 Å². The topological polar surface area (TPSA) is 66.0 Å². The second-order valence-electron chi connectivity index (χ2n) is 8.08. The third-order valence-electron chi connectivity index (χ3n) is 5.94. The van der Waals surface area contributed by atoms with Crippen molar-refractivity contribution in [2.24, 2.45) is 0 Å². The number of nitrogens with zero attached hydrogens (tertiary/aromatic N) is 4. The lowest BCUT2D eigenvalue weighted by Gasteiger charge is -2.29. The molecule has 2 fully saturated rings. The molecule has 0 atom stereocenters. The van der Waals surface area contributed by atoms with Crippen LogP contribution in [0.3, 0.4) is 0 Å². The summed E-state index contributed by atoms with van der Waals surface area (Å²) < 4.78 is 0. The zero-order valence-electron chi connectivity index (χ0n) is 17.2. The Kier molecular flexibility index (Phi) is 5.90. The molecule has 0 bridgehead atoms. The molecule has 0 unspecified atom stereocenters. The zero-order valence-corrected chi connectivity index (χ0v) is 18.0. The van der Waals surface area contributed by atoms with Crippen molar-refractivity contribution in [3.8, 4) is 21.8 Å². The summed E-state index contributed by atoms with van der Waals surface area (Å²) in [6.45, 7) is 3.92. The van der Waals surface area contributed by atoms with Crippen LogP contribution < -0.4 is 15.5 Å². The van der Waals surface area contributed by atoms with Gasteiger partial charge in [-0.2, -0.15) is 0 Å². The number of hydrogen-bond donors (Lipinski definition) is 2. The Morgan fingerprint density at radius 1 is 0.967 bits per heavy atom. The number of hydrogen-bond acceptors (Lipinski definition) is 7. The standard InChI is InChI=1S/C23H28N6S/c1-2-4-19(5-3-1)27-21-15-17(6-7-25-21)20-14-18(23-26-10-13-30-23)16-22(28-20)29-11-8-24-9-12-29/h6-7,10,13-16,19,24H,1-5,8-9,11-12H2,(H,25,27). The predicted molar refractivity (Wildman–Crippen MR) is 124 cm³/mol. The molecule has 2 N–H and O–H groups in total. The highest BCUT2D eigenvalue weighted by Gasteiger charge is 2.17. The molecule has 156 valence electrons. The highest BCUT2D eigenvalue weighted by Crippen LogP contribution is 2.31. The normalized spacial score (nSPS) is 17.8. The molecule has 3 aromatic heterocycles. The Bertz CT molecular complexity index is 962. The van der Waals surface area contributed by atoms with E-state index in [1.165, 1.54) is 32.1 Å². The number of anilines is 2. The van der Waals surface area contributed by atoms with Gasteiger partial charge >= 0.3 is 0 Å². The van der Waals surface area contributed by atoms with Crippen LogP contribution in [0.5, 0.6) is 0 Å². The number of nitrogens with one attached hydrogen (secondary N) is 2. The largest absolute Gasteiger partial charge is 0.367 e. The molecule has 7 heteroatoms. The van der Waals surface area contributed by atoms with Crippen molar-refractivity contribution in [3.05, 3.63) is 42.0 Å². The second kappa shape index (κ2) is 9.10. The summed E-state index contributed by atoms with van der Waals surface area (Å²) in [7, 11) is 0. The lowest BCUT2D eigenvalue weighted by Crippen LogP contribution is -2.43. The molecule has 3 aromatic rings. The van der Waals surface area contributed by atoms with Crippen LogP contribution in [0.4, 0.5) is 11.6 Å². The fourth-order valence-electron chi connectivity index (χ4n) is 4.33. The molecule has 0 aromatic carbocycles. The van der Waals surface area contributed by atoms with Crippen molar-refractivity contribution in [2.75, 3.05) is 36.4 Å². The average Bonchev–Trinajstić information content (AvgIpc) is 3.35. The summed E-state index contributed by atoms with van der Waals surface area (Å²) in [6.07, 6.45) is 10.2. The lowest BCUT2D eigenvalue weighted by atomic mass is 9.95. The van der Waals surface area contributed by atoms with Gasteiger partial charge in [0.05, 0.1) is 5.69 Å². The van der Waals surface area contributed by atoms with Gasteiger partial charge < -0.3 is 15.5 Å². The number of pyridine rings is 2. The van der Waals surface area contributed by atoms with Crippen LogP contribution in [0.25, 0.3) is 21.8 Å². The minimum absolute atomic E-state index is 0.535. The van der Waals surface area contributed by atoms with Gasteiger partial charge in [-0.1, -0.05) is 19.3 Å². The smallest absolute Gasteiger partial charge is 0.130 e. The van der Waals surface area contributed by atoms with E-state index < -0.39 is 0 Å². The SMILES string of the molecule is c1cc(-c2cc(-c3nccs3)cc(N3CCNCC3)n2)cc(NC2CCCCC2)n1. The maximum Gasteiger partial charge on any atom is 0.130 e. The van der Waals surface area contributed by atoms with Crippen LogP contribution in [-0.4, -0.2) is 47.2 Å². The van der Waals surface area contributed by atoms with Crippen molar-refractivity contribution < 1.29 is 0 Å². The minimum atomic E-state index is 0.535. The quantitative estimate of drug-likeness (QED) is 0.637. The fraction of sp³-hybridized carbons (Fsp3) is 0.435. The first-order chi connectivity index (χ1) is 14.8. The van der Waals surface area contributed by atoms with Crippen LogP contribution in [0.15, 0.2) is 42.0 Å². The molecule has 0 amide bonds. The maximum atomic E-state index is 5.04. The zero-order chi connectivity index (χ0) is 20.2. The highest BCUT2D eigenvalue weighted by atomic mass is 32.1. The van der Waals surface area contributed by atoms with Gasteiger partial charge in [-0.3, -0.25) is 0 Å². The van der Waals surface area contributed by atoms with E-state index in [1.54, 1.807) is 11.3 Å². The van der Waals surface area contributed by atoms with Gasteiger partial charge in [-0.15, -0.1) is 11.3 Å². The monoisotopic (exact) mass is 420 g/mol. The van der Waals surface area contributed by atoms with E-state index >= 15 is 0 Å². The Balaban J connectivity index is 1.48. The first-order valence-corrected chi connectivity index (χ1v) is 11.8. The third-order valence-corrected chi connectivity index (χ3v) is 6.77. The summed E-state index contributed by atoms with van der Waals surface area (Å²) in [5, 5.41) is 10.1. The van der Waals surface area contributed by atoms with Gasteiger partial charge in [0.1, 0.15) is 16.6 Å². The van der Waals surface area contributed by atoms with Crippen molar-refractivity contribution in [1.29, 1.82) is 0 Å². The number of rotatable bonds is 5. The fourth-order valence-corrected chi connectivity index (χ4v) is 4.96. The van der Waals surface area contributed by atoms with E-state index in [0.717, 1.165) is 59.6 Å². The molecule has 0 radical (unpaired) electrons. The molecule has 0 spiro atoms. The van der Waals surface area contributed by atoms with Gasteiger partial charge in [0.2, 0.25) is 0 Å². The molecule has 1 saturated carbocycles. The number of aromatic nitrogens is 3. The van der Waals surface area contributed by atoms with Gasteiger partial charge in [0.15, 0.2) is 0 Å². The Labute approximate surface area is 181 Å². The molecular formula is C23H28N6S. The maximum absolute atomic E-state index is 5.04. The van der Waals surface area contributed by atoms with Crippen LogP contribution in [0, 0.1) is 0 Å². The highest BCUT2D eigenvalue weighted by molar-refractivity contribution is 7.13. The summed E-state index contributed by atoms with van der Waals surface area (Å²) in [5.74, 6) is 1.97. The number of piperazine rings is 1. The Morgan fingerprint density at radius 2 is 1.83 bits per heavy atom. The molecule has 30 heavy (non-hydrogen) atoms. The van der Waals surface area contributed by atoms with E-state index in [9.17, 15) is 0 Å². The van der Waals surface area contributed by atoms with Crippen LogP contribution in [-0.2, 0) is 0 Å². The third kappa shape index (κ3) is 4.47. The van der Waals surface area contributed by atoms with E-state index in [1.807, 2.05) is 17.8 Å². The van der Waals surface area contributed by atoms with Crippen molar-refractivity contribution >= 4 is 23.0 Å². The first kappa shape index (κ1) is 19.5. The van der Waals surface area contributed by atoms with Crippen LogP contribution in [0.2, 0.25) is 0 Å². The molecule has 6 nitrogen and oxygen atoms in total. The number of thiazole rings is 1. The molecule has 5 rings (SSSR count). The molecule has 2 aliphatic rings. The van der Waals surface area contributed by atoms with Gasteiger partial charge in [0.25, 0.3) is 0 Å². The lowest BCUT2D eigenvalue weighted by molar-refractivity contribution is 0.462. The average molecular weight is 421 g/mol. The Morgan fingerprint density at radius 3 is 2.63 bits per heavy atom. The van der Waals surface area contributed by atoms with Crippen molar-refractivity contribution in [1.82, 2.24) is 20.3 Å². The summed E-state index contributed by atoms with van der Waals surface area (Å²) in [4.78, 5) is 16.5.